The molecule has 0 radical (unpaired) electrons. The van der Waals surface area contributed by atoms with Crippen LogP contribution in [0.2, 0.25) is 0 Å². The average Bonchev–Trinajstić information content (AvgIpc) is 3.39. The molecule has 0 bridgehead atoms. The van der Waals surface area contributed by atoms with E-state index in [4.69, 9.17) is 9.84 Å². The lowest BCUT2D eigenvalue weighted by Gasteiger charge is -2.17. The van der Waals surface area contributed by atoms with Crippen molar-refractivity contribution in [1.29, 1.82) is 0 Å². The maximum atomic E-state index is 12.3. The van der Waals surface area contributed by atoms with Gasteiger partial charge in [-0.1, -0.05) is 55.5 Å². The van der Waals surface area contributed by atoms with Crippen molar-refractivity contribution < 1.29 is 24.2 Å². The van der Waals surface area contributed by atoms with Gasteiger partial charge in [0.05, 0.1) is 5.92 Å². The van der Waals surface area contributed by atoms with Gasteiger partial charge in [-0.05, 0) is 47.4 Å². The van der Waals surface area contributed by atoms with Crippen LogP contribution in [0.25, 0.3) is 11.1 Å². The molecule has 2 aliphatic rings. The minimum atomic E-state index is -0.799. The van der Waals surface area contributed by atoms with Gasteiger partial charge in [-0.2, -0.15) is 0 Å². The number of rotatable bonds is 8. The minimum Gasteiger partial charge on any atom is -0.481 e. The molecule has 2 aromatic carbocycles. The molecule has 4 rings (SSSR count). The summed E-state index contributed by atoms with van der Waals surface area (Å²) in [5.41, 5.74) is 4.68. The van der Waals surface area contributed by atoms with Crippen LogP contribution in [-0.4, -0.2) is 42.3 Å². The molecular weight excluding hydrogens is 420 g/mol. The number of carbonyl (C=O) groups is 3. The van der Waals surface area contributed by atoms with E-state index >= 15 is 0 Å². The molecule has 174 valence electrons. The second-order valence-corrected chi connectivity index (χ2v) is 9.13. The number of hydrogen-bond donors (Lipinski definition) is 3. The van der Waals surface area contributed by atoms with Crippen LogP contribution in [-0.2, 0) is 14.3 Å². The van der Waals surface area contributed by atoms with Crippen molar-refractivity contribution in [2.45, 2.75) is 44.6 Å². The molecular formula is C26H30N2O5. The molecule has 0 aromatic heterocycles. The van der Waals surface area contributed by atoms with Gasteiger partial charge in [0.25, 0.3) is 0 Å². The Hall–Kier alpha value is -3.35. The molecule has 0 heterocycles. The van der Waals surface area contributed by atoms with Crippen molar-refractivity contribution in [1.82, 2.24) is 10.6 Å². The van der Waals surface area contributed by atoms with Crippen LogP contribution in [0.15, 0.2) is 48.5 Å². The van der Waals surface area contributed by atoms with E-state index in [9.17, 15) is 14.4 Å². The first-order valence-corrected chi connectivity index (χ1v) is 11.5. The molecule has 3 N–H and O–H groups in total. The van der Waals surface area contributed by atoms with Crippen molar-refractivity contribution in [3.63, 3.8) is 0 Å². The predicted molar refractivity (Wildman–Crippen MR) is 124 cm³/mol. The molecule has 2 aliphatic carbocycles. The molecule has 2 aromatic rings. The minimum absolute atomic E-state index is 0.00684. The summed E-state index contributed by atoms with van der Waals surface area (Å²) in [5, 5.41) is 14.8. The molecule has 33 heavy (non-hydrogen) atoms. The van der Waals surface area contributed by atoms with Crippen molar-refractivity contribution in [3.8, 4) is 11.1 Å². The Morgan fingerprint density at radius 2 is 1.67 bits per heavy atom. The molecule has 0 spiro atoms. The first-order valence-electron chi connectivity index (χ1n) is 11.5. The quantitative estimate of drug-likeness (QED) is 0.565. The Bertz CT molecular complexity index is 991. The van der Waals surface area contributed by atoms with Crippen molar-refractivity contribution in [2.75, 3.05) is 13.2 Å². The highest BCUT2D eigenvalue weighted by Crippen LogP contribution is 2.44. The number of carbonyl (C=O) groups excluding carboxylic acids is 2. The zero-order chi connectivity index (χ0) is 23.4. The predicted octanol–water partition coefficient (Wildman–Crippen LogP) is 3.92. The maximum absolute atomic E-state index is 12.3. The van der Waals surface area contributed by atoms with E-state index in [0.717, 1.165) is 11.1 Å². The van der Waals surface area contributed by atoms with Crippen molar-refractivity contribution >= 4 is 18.0 Å². The molecule has 1 saturated carbocycles. The van der Waals surface area contributed by atoms with Gasteiger partial charge >= 0.3 is 12.1 Å². The zero-order valence-electron chi connectivity index (χ0n) is 18.8. The fourth-order valence-corrected chi connectivity index (χ4v) is 4.92. The van der Waals surface area contributed by atoms with Crippen LogP contribution < -0.4 is 10.6 Å². The summed E-state index contributed by atoms with van der Waals surface area (Å²) in [6, 6.07) is 16.3. The van der Waals surface area contributed by atoms with Crippen LogP contribution >= 0.6 is 0 Å². The molecule has 7 heteroatoms. The third-order valence-corrected chi connectivity index (χ3v) is 6.62. The number of carboxylic acids is 1. The molecule has 3 atom stereocenters. The third-order valence-electron chi connectivity index (χ3n) is 6.62. The number of aliphatic carboxylic acids is 1. The van der Waals surface area contributed by atoms with E-state index in [1.807, 2.05) is 31.2 Å². The Labute approximate surface area is 193 Å². The lowest BCUT2D eigenvalue weighted by molar-refractivity contribution is -0.141. The maximum Gasteiger partial charge on any atom is 0.407 e. The second-order valence-electron chi connectivity index (χ2n) is 9.13. The summed E-state index contributed by atoms with van der Waals surface area (Å²) in [6.07, 6.45) is 1.53. The SMILES string of the molecule is CC(CNC(=O)OCC1c2ccccc2-c2ccccc21)CC(=O)N[C@H]1CC[C@@H](C(=O)O)C1. The first-order chi connectivity index (χ1) is 15.9. The van der Waals surface area contributed by atoms with Gasteiger partial charge in [0, 0.05) is 24.9 Å². The highest BCUT2D eigenvalue weighted by molar-refractivity contribution is 5.79. The Morgan fingerprint density at radius 3 is 2.27 bits per heavy atom. The van der Waals surface area contributed by atoms with Gasteiger partial charge in [-0.25, -0.2) is 4.79 Å². The standard InChI is InChI=1S/C26H30N2O5/c1-16(12-24(29)28-18-11-10-17(13-18)25(30)31)14-27-26(32)33-15-23-21-8-4-2-6-19(21)20-7-3-5-9-22(20)23/h2-9,16-18,23H,10-15H2,1H3,(H,27,32)(H,28,29)(H,30,31)/t16?,17-,18+/m1/s1. The largest absolute Gasteiger partial charge is 0.481 e. The zero-order valence-corrected chi connectivity index (χ0v) is 18.8. The fourth-order valence-electron chi connectivity index (χ4n) is 4.92. The summed E-state index contributed by atoms with van der Waals surface area (Å²) >= 11 is 0. The number of benzene rings is 2. The van der Waals surface area contributed by atoms with Gasteiger partial charge < -0.3 is 20.5 Å². The average molecular weight is 451 g/mol. The first kappa shape index (κ1) is 22.8. The van der Waals surface area contributed by atoms with E-state index in [0.29, 0.717) is 25.8 Å². The van der Waals surface area contributed by atoms with Gasteiger partial charge in [0.2, 0.25) is 5.91 Å². The number of amides is 2. The van der Waals surface area contributed by atoms with E-state index < -0.39 is 12.1 Å². The highest BCUT2D eigenvalue weighted by atomic mass is 16.5. The number of alkyl carbamates (subject to hydrolysis) is 1. The Balaban J connectivity index is 1.21. The molecule has 7 nitrogen and oxygen atoms in total. The van der Waals surface area contributed by atoms with E-state index in [-0.39, 0.29) is 42.7 Å². The number of ether oxygens (including phenoxy) is 1. The Kier molecular flexibility index (Phi) is 6.96. The van der Waals surface area contributed by atoms with Gasteiger partial charge in [0.1, 0.15) is 6.61 Å². The molecule has 2 amide bonds. The van der Waals surface area contributed by atoms with E-state index in [1.54, 1.807) is 0 Å². The fraction of sp³-hybridized carbons (Fsp3) is 0.423. The molecule has 1 unspecified atom stereocenters. The van der Waals surface area contributed by atoms with Crippen LogP contribution in [0, 0.1) is 11.8 Å². The van der Waals surface area contributed by atoms with Gasteiger partial charge in [0.15, 0.2) is 0 Å². The topological polar surface area (TPSA) is 105 Å². The number of fused-ring (bicyclic) bond motifs is 3. The summed E-state index contributed by atoms with van der Waals surface area (Å²) in [5.74, 6) is -1.35. The molecule has 0 saturated heterocycles. The Morgan fingerprint density at radius 1 is 1.03 bits per heavy atom. The monoisotopic (exact) mass is 450 g/mol. The lowest BCUT2D eigenvalue weighted by Crippen LogP contribution is -2.36. The molecule has 1 fully saturated rings. The van der Waals surface area contributed by atoms with Crippen LogP contribution in [0.5, 0.6) is 0 Å². The number of nitrogens with one attached hydrogen (secondary N) is 2. The van der Waals surface area contributed by atoms with Gasteiger partial charge in [-0.15, -0.1) is 0 Å². The summed E-state index contributed by atoms with van der Waals surface area (Å²) < 4.78 is 5.53. The van der Waals surface area contributed by atoms with Crippen LogP contribution in [0.1, 0.15) is 49.7 Å². The summed E-state index contributed by atoms with van der Waals surface area (Å²) in [4.78, 5) is 35.6. The van der Waals surface area contributed by atoms with Crippen LogP contribution in [0.3, 0.4) is 0 Å². The van der Waals surface area contributed by atoms with Crippen molar-refractivity contribution in [3.05, 3.63) is 59.7 Å². The van der Waals surface area contributed by atoms with Crippen molar-refractivity contribution in [2.24, 2.45) is 11.8 Å². The summed E-state index contributed by atoms with van der Waals surface area (Å²) in [7, 11) is 0. The molecule has 0 aliphatic heterocycles. The second kappa shape index (κ2) is 10.1. The number of hydrogen-bond acceptors (Lipinski definition) is 4. The van der Waals surface area contributed by atoms with E-state index in [2.05, 4.69) is 34.9 Å². The highest BCUT2D eigenvalue weighted by Gasteiger charge is 2.31. The summed E-state index contributed by atoms with van der Waals surface area (Å²) in [6.45, 7) is 2.46. The van der Waals surface area contributed by atoms with Crippen LogP contribution in [0.4, 0.5) is 4.79 Å². The smallest absolute Gasteiger partial charge is 0.407 e. The third kappa shape index (κ3) is 5.35. The van der Waals surface area contributed by atoms with E-state index in [1.165, 1.54) is 11.1 Å². The number of carboxylic acid groups (broad SMARTS) is 1. The normalized spacial score (nSPS) is 19.9. The lowest BCUT2D eigenvalue weighted by atomic mass is 9.98. The van der Waals surface area contributed by atoms with Gasteiger partial charge in [-0.3, -0.25) is 9.59 Å².